The molecule has 3 heterocycles. The molecule has 0 spiro atoms. The topological polar surface area (TPSA) is 77.1 Å². The number of rotatable bonds is 6. The van der Waals surface area contributed by atoms with Gasteiger partial charge < -0.3 is 9.88 Å². The molecule has 0 saturated heterocycles. The molecule has 1 amide bonds. The average molecular weight is 428 g/mol. The van der Waals surface area contributed by atoms with Gasteiger partial charge in [-0.15, -0.1) is 0 Å². The van der Waals surface area contributed by atoms with Crippen molar-refractivity contribution >= 4 is 11.6 Å². The van der Waals surface area contributed by atoms with Crippen molar-refractivity contribution in [3.63, 3.8) is 0 Å². The molecule has 0 aliphatic carbocycles. The van der Waals surface area contributed by atoms with Crippen molar-refractivity contribution in [1.82, 2.24) is 29.5 Å². The van der Waals surface area contributed by atoms with E-state index in [1.54, 1.807) is 36.8 Å². The van der Waals surface area contributed by atoms with Gasteiger partial charge in [-0.05, 0) is 19.4 Å². The molecule has 3 aromatic heterocycles. The van der Waals surface area contributed by atoms with Crippen LogP contribution in [-0.4, -0.2) is 36.6 Å². The molecule has 7 nitrogen and oxygen atoms in total. The Kier molecular flexibility index (Phi) is 5.45. The van der Waals surface area contributed by atoms with Gasteiger partial charge >= 0.3 is 6.18 Å². The molecule has 0 radical (unpaired) electrons. The second-order valence-corrected chi connectivity index (χ2v) is 7.09. The Bertz CT molecular complexity index is 1200. The Hall–Kier alpha value is -3.69. The van der Waals surface area contributed by atoms with Crippen molar-refractivity contribution in [2.45, 2.75) is 26.1 Å². The molecule has 160 valence electrons. The number of aromatic nitrogens is 5. The van der Waals surface area contributed by atoms with E-state index < -0.39 is 17.8 Å². The Balaban J connectivity index is 1.63. The van der Waals surface area contributed by atoms with Gasteiger partial charge in [0.05, 0.1) is 18.2 Å². The lowest BCUT2D eigenvalue weighted by molar-refractivity contribution is -0.142. The molecule has 0 saturated carbocycles. The minimum atomic E-state index is -4.66. The maximum absolute atomic E-state index is 13.7. The summed E-state index contributed by atoms with van der Waals surface area (Å²) >= 11 is 0. The fraction of sp³-hybridized carbons (Fsp3) is 0.238. The number of nitrogens with zero attached hydrogens (tertiary/aromatic N) is 5. The van der Waals surface area contributed by atoms with Crippen molar-refractivity contribution in [3.05, 3.63) is 72.1 Å². The first-order chi connectivity index (χ1) is 14.8. The number of benzene rings is 1. The van der Waals surface area contributed by atoms with E-state index >= 15 is 0 Å². The predicted molar refractivity (Wildman–Crippen MR) is 107 cm³/mol. The van der Waals surface area contributed by atoms with E-state index in [-0.39, 0.29) is 16.9 Å². The molecule has 4 aromatic rings. The van der Waals surface area contributed by atoms with Crippen molar-refractivity contribution < 1.29 is 18.0 Å². The van der Waals surface area contributed by atoms with Crippen LogP contribution in [0.5, 0.6) is 0 Å². The number of imidazole rings is 1. The molecule has 4 rings (SSSR count). The van der Waals surface area contributed by atoms with Gasteiger partial charge in [0.2, 0.25) is 0 Å². The molecule has 0 aliphatic heterocycles. The summed E-state index contributed by atoms with van der Waals surface area (Å²) in [6.45, 7) is 2.88. The van der Waals surface area contributed by atoms with Crippen LogP contribution in [0.15, 0.2) is 55.2 Å². The van der Waals surface area contributed by atoms with Gasteiger partial charge in [-0.3, -0.25) is 4.79 Å². The van der Waals surface area contributed by atoms with Crippen LogP contribution in [0.4, 0.5) is 13.2 Å². The number of amides is 1. The summed E-state index contributed by atoms with van der Waals surface area (Å²) in [5.74, 6) is -0.526. The second kappa shape index (κ2) is 8.21. The smallest absolute Gasteiger partial charge is 0.352 e. The highest BCUT2D eigenvalue weighted by molar-refractivity contribution is 5.99. The van der Waals surface area contributed by atoms with Gasteiger partial charge in [0.15, 0.2) is 11.3 Å². The molecule has 1 aromatic carbocycles. The van der Waals surface area contributed by atoms with Crippen LogP contribution in [0, 0.1) is 6.92 Å². The summed E-state index contributed by atoms with van der Waals surface area (Å²) in [6, 6.07) is 7.91. The van der Waals surface area contributed by atoms with Gasteiger partial charge in [-0.25, -0.2) is 14.5 Å². The minimum absolute atomic E-state index is 0.0120. The van der Waals surface area contributed by atoms with Crippen molar-refractivity contribution in [3.8, 4) is 11.3 Å². The molecule has 0 aliphatic rings. The number of nitrogens with one attached hydrogen (secondary N) is 1. The van der Waals surface area contributed by atoms with E-state index in [4.69, 9.17) is 0 Å². The second-order valence-electron chi connectivity index (χ2n) is 7.09. The largest absolute Gasteiger partial charge is 0.433 e. The molecule has 10 heteroatoms. The summed E-state index contributed by atoms with van der Waals surface area (Å²) in [5, 5.41) is 6.50. The first-order valence-corrected chi connectivity index (χ1v) is 9.60. The van der Waals surface area contributed by atoms with Gasteiger partial charge in [-0.1, -0.05) is 29.8 Å². The summed E-state index contributed by atoms with van der Waals surface area (Å²) in [4.78, 5) is 20.9. The third-order valence-corrected chi connectivity index (χ3v) is 4.79. The van der Waals surface area contributed by atoms with Crippen molar-refractivity contribution in [2.75, 3.05) is 6.54 Å². The fourth-order valence-corrected chi connectivity index (χ4v) is 3.17. The Morgan fingerprint density at radius 1 is 1.19 bits per heavy atom. The van der Waals surface area contributed by atoms with Crippen LogP contribution in [0.3, 0.4) is 0 Å². The zero-order chi connectivity index (χ0) is 22.0. The van der Waals surface area contributed by atoms with Crippen LogP contribution < -0.4 is 5.32 Å². The highest BCUT2D eigenvalue weighted by atomic mass is 19.4. The third kappa shape index (κ3) is 4.42. The van der Waals surface area contributed by atoms with Crippen LogP contribution in [0.1, 0.15) is 28.0 Å². The molecule has 0 atom stereocenters. The molecule has 0 bridgehead atoms. The number of alkyl halides is 3. The van der Waals surface area contributed by atoms with Crippen LogP contribution in [0.2, 0.25) is 0 Å². The summed E-state index contributed by atoms with van der Waals surface area (Å²) in [7, 11) is 0. The van der Waals surface area contributed by atoms with Gasteiger partial charge in [0.1, 0.15) is 5.56 Å². The number of aryl methyl sites for hydroxylation is 2. The van der Waals surface area contributed by atoms with Crippen LogP contribution >= 0.6 is 0 Å². The lowest BCUT2D eigenvalue weighted by atomic mass is 10.1. The van der Waals surface area contributed by atoms with Crippen molar-refractivity contribution in [2.24, 2.45) is 0 Å². The maximum atomic E-state index is 13.7. The molecular formula is C21H19F3N6O. The Labute approximate surface area is 175 Å². The normalized spacial score (nSPS) is 11.7. The summed E-state index contributed by atoms with van der Waals surface area (Å²) in [5.41, 5.74) is 0.466. The number of halogens is 3. The lowest BCUT2D eigenvalue weighted by Gasteiger charge is -2.12. The maximum Gasteiger partial charge on any atom is 0.433 e. The molecule has 1 N–H and O–H groups in total. The summed E-state index contributed by atoms with van der Waals surface area (Å²) < 4.78 is 43.6. The number of fused-ring (bicyclic) bond motifs is 1. The molecular weight excluding hydrogens is 409 g/mol. The lowest BCUT2D eigenvalue weighted by Crippen LogP contribution is -2.25. The van der Waals surface area contributed by atoms with Gasteiger partial charge in [0.25, 0.3) is 5.91 Å². The van der Waals surface area contributed by atoms with Crippen LogP contribution in [0.25, 0.3) is 16.9 Å². The van der Waals surface area contributed by atoms with E-state index in [1.165, 1.54) is 0 Å². The Morgan fingerprint density at radius 2 is 1.97 bits per heavy atom. The SMILES string of the molecule is Cc1ccc(-c2cc(C(F)(F)F)n3ncc(C(=O)NCCCn4ccnc4)c3n2)cc1. The first kappa shape index (κ1) is 20.6. The van der Waals surface area contributed by atoms with E-state index in [2.05, 4.69) is 20.4 Å². The van der Waals surface area contributed by atoms with E-state index in [0.717, 1.165) is 17.8 Å². The predicted octanol–water partition coefficient (Wildman–Crippen LogP) is 3.74. The number of carbonyl (C=O) groups excluding carboxylic acids is 1. The van der Waals surface area contributed by atoms with Gasteiger partial charge in [-0.2, -0.15) is 18.3 Å². The first-order valence-electron chi connectivity index (χ1n) is 9.60. The highest BCUT2D eigenvalue weighted by Gasteiger charge is 2.36. The zero-order valence-corrected chi connectivity index (χ0v) is 16.6. The summed E-state index contributed by atoms with van der Waals surface area (Å²) in [6.07, 6.45) is 2.22. The molecule has 0 unspecified atom stereocenters. The van der Waals surface area contributed by atoms with Crippen molar-refractivity contribution in [1.29, 1.82) is 0 Å². The number of hydrogen-bond donors (Lipinski definition) is 1. The van der Waals surface area contributed by atoms with E-state index in [1.807, 2.05) is 17.7 Å². The Morgan fingerprint density at radius 3 is 2.65 bits per heavy atom. The fourth-order valence-electron chi connectivity index (χ4n) is 3.17. The molecule has 31 heavy (non-hydrogen) atoms. The number of hydrogen-bond acceptors (Lipinski definition) is 4. The molecule has 0 fully saturated rings. The van der Waals surface area contributed by atoms with Crippen LogP contribution in [-0.2, 0) is 12.7 Å². The average Bonchev–Trinajstić information content (AvgIpc) is 3.40. The van der Waals surface area contributed by atoms with E-state index in [0.29, 0.717) is 29.6 Å². The monoisotopic (exact) mass is 428 g/mol. The number of carbonyl (C=O) groups is 1. The third-order valence-electron chi connectivity index (χ3n) is 4.79. The zero-order valence-electron chi connectivity index (χ0n) is 16.6. The minimum Gasteiger partial charge on any atom is -0.352 e. The standard InChI is InChI=1S/C21H19F3N6O/c1-14-3-5-15(6-4-14)17-11-18(21(22,23)24)30-19(28-17)16(12-27-30)20(31)26-7-2-9-29-10-8-25-13-29/h3-6,8,10-13H,2,7,9H2,1H3,(H,26,31). The quantitative estimate of drug-likeness (QED) is 0.475. The van der Waals surface area contributed by atoms with Gasteiger partial charge in [0, 0.05) is 31.0 Å². The van der Waals surface area contributed by atoms with E-state index in [9.17, 15) is 18.0 Å². The highest BCUT2D eigenvalue weighted by Crippen LogP contribution is 2.32.